The van der Waals surface area contributed by atoms with Gasteiger partial charge in [-0.2, -0.15) is 0 Å². The Labute approximate surface area is 282 Å². The van der Waals surface area contributed by atoms with Crippen LogP contribution in [0.25, 0.3) is 54.9 Å². The molecule has 9 rings (SSSR count). The highest BCUT2D eigenvalue weighted by Gasteiger charge is 2.36. The average Bonchev–Trinajstić information content (AvgIpc) is 3.36. The summed E-state index contributed by atoms with van der Waals surface area (Å²) >= 11 is 0. The van der Waals surface area contributed by atoms with E-state index in [-0.39, 0.29) is 5.41 Å². The Morgan fingerprint density at radius 2 is 1.02 bits per heavy atom. The number of anilines is 3. The van der Waals surface area contributed by atoms with Gasteiger partial charge in [0, 0.05) is 22.4 Å². The van der Waals surface area contributed by atoms with E-state index in [1.54, 1.807) is 0 Å². The molecule has 0 bridgehead atoms. The number of hydrogen-bond donors (Lipinski definition) is 0. The summed E-state index contributed by atoms with van der Waals surface area (Å²) < 4.78 is 0. The summed E-state index contributed by atoms with van der Waals surface area (Å²) in [5, 5.41) is 5.20. The number of rotatable bonds is 5. The van der Waals surface area contributed by atoms with Gasteiger partial charge < -0.3 is 4.90 Å². The van der Waals surface area contributed by atoms with Gasteiger partial charge in [0.2, 0.25) is 0 Å². The van der Waals surface area contributed by atoms with Crippen LogP contribution in [0.1, 0.15) is 25.0 Å². The zero-order valence-corrected chi connectivity index (χ0v) is 27.2. The predicted molar refractivity (Wildman–Crippen MR) is 205 cm³/mol. The maximum Gasteiger partial charge on any atom is 0.0540 e. The van der Waals surface area contributed by atoms with Crippen LogP contribution >= 0.6 is 0 Å². The van der Waals surface area contributed by atoms with Gasteiger partial charge in [-0.15, -0.1) is 0 Å². The van der Waals surface area contributed by atoms with Gasteiger partial charge in [-0.1, -0.05) is 147 Å². The SMILES string of the molecule is CC1(C)c2ccc(N(c3cccc(-c4ccccc4)c3)c3ccccc3-c3ccccc3)cc2-c2cc3ccc4ccccc4c3cc21. The lowest BCUT2D eigenvalue weighted by Gasteiger charge is -2.29. The smallest absolute Gasteiger partial charge is 0.0540 e. The van der Waals surface area contributed by atoms with E-state index in [1.165, 1.54) is 66.1 Å². The molecule has 1 aliphatic rings. The number of benzene rings is 8. The summed E-state index contributed by atoms with van der Waals surface area (Å²) in [6, 6.07) is 64.4. The Balaban J connectivity index is 1.27. The first-order chi connectivity index (χ1) is 23.6. The Kier molecular flexibility index (Phi) is 6.55. The summed E-state index contributed by atoms with van der Waals surface area (Å²) in [7, 11) is 0. The molecule has 0 spiro atoms. The predicted octanol–water partition coefficient (Wildman–Crippen LogP) is 13.1. The van der Waals surface area contributed by atoms with Crippen molar-refractivity contribution in [3.63, 3.8) is 0 Å². The molecule has 0 unspecified atom stereocenters. The summed E-state index contributed by atoms with van der Waals surface area (Å²) in [5.74, 6) is 0. The van der Waals surface area contributed by atoms with Crippen LogP contribution in [0.4, 0.5) is 17.1 Å². The van der Waals surface area contributed by atoms with Gasteiger partial charge in [-0.25, -0.2) is 0 Å². The largest absolute Gasteiger partial charge is 0.310 e. The van der Waals surface area contributed by atoms with Crippen molar-refractivity contribution >= 4 is 38.6 Å². The molecule has 0 saturated carbocycles. The number of para-hydroxylation sites is 1. The molecule has 0 fully saturated rings. The topological polar surface area (TPSA) is 3.24 Å². The monoisotopic (exact) mass is 613 g/mol. The lowest BCUT2D eigenvalue weighted by molar-refractivity contribution is 0.661. The van der Waals surface area contributed by atoms with Crippen molar-refractivity contribution in [1.29, 1.82) is 0 Å². The van der Waals surface area contributed by atoms with Crippen LogP contribution in [0, 0.1) is 0 Å². The molecule has 0 N–H and O–H groups in total. The van der Waals surface area contributed by atoms with E-state index in [1.807, 2.05) is 0 Å². The molecule has 0 aliphatic heterocycles. The molecule has 0 radical (unpaired) electrons. The fourth-order valence-electron chi connectivity index (χ4n) is 7.79. The Morgan fingerprint density at radius 1 is 0.375 bits per heavy atom. The van der Waals surface area contributed by atoms with Crippen LogP contribution in [-0.2, 0) is 5.41 Å². The van der Waals surface area contributed by atoms with Crippen molar-refractivity contribution in [2.45, 2.75) is 19.3 Å². The first kappa shape index (κ1) is 28.3. The second-order valence-corrected chi connectivity index (χ2v) is 13.4. The van der Waals surface area contributed by atoms with Gasteiger partial charge in [0.15, 0.2) is 0 Å². The van der Waals surface area contributed by atoms with E-state index >= 15 is 0 Å². The van der Waals surface area contributed by atoms with Crippen LogP contribution in [0.3, 0.4) is 0 Å². The molecule has 1 heteroatoms. The lowest BCUT2D eigenvalue weighted by atomic mass is 9.81. The molecule has 0 saturated heterocycles. The summed E-state index contributed by atoms with van der Waals surface area (Å²) in [6.45, 7) is 4.75. The van der Waals surface area contributed by atoms with Crippen molar-refractivity contribution in [3.8, 4) is 33.4 Å². The van der Waals surface area contributed by atoms with Crippen LogP contribution < -0.4 is 4.90 Å². The molecule has 8 aromatic rings. The molecule has 0 heterocycles. The molecule has 48 heavy (non-hydrogen) atoms. The first-order valence-electron chi connectivity index (χ1n) is 16.8. The van der Waals surface area contributed by atoms with E-state index in [2.05, 4.69) is 195 Å². The van der Waals surface area contributed by atoms with Crippen LogP contribution in [0.2, 0.25) is 0 Å². The zero-order valence-electron chi connectivity index (χ0n) is 27.2. The molecule has 1 aliphatic carbocycles. The maximum absolute atomic E-state index is 2.46. The van der Waals surface area contributed by atoms with Gasteiger partial charge >= 0.3 is 0 Å². The van der Waals surface area contributed by atoms with Crippen molar-refractivity contribution in [3.05, 3.63) is 187 Å². The molecule has 0 atom stereocenters. The van der Waals surface area contributed by atoms with E-state index in [0.29, 0.717) is 0 Å². The molecule has 0 amide bonds. The molecular weight excluding hydrogens is 579 g/mol. The van der Waals surface area contributed by atoms with Crippen LogP contribution in [-0.4, -0.2) is 0 Å². The van der Waals surface area contributed by atoms with Crippen molar-refractivity contribution in [2.24, 2.45) is 0 Å². The van der Waals surface area contributed by atoms with E-state index in [9.17, 15) is 0 Å². The number of hydrogen-bond acceptors (Lipinski definition) is 1. The minimum Gasteiger partial charge on any atom is -0.310 e. The highest BCUT2D eigenvalue weighted by molar-refractivity contribution is 6.10. The van der Waals surface area contributed by atoms with E-state index < -0.39 is 0 Å². The second kappa shape index (κ2) is 11.1. The second-order valence-electron chi connectivity index (χ2n) is 13.4. The third kappa shape index (κ3) is 4.54. The fourth-order valence-corrected chi connectivity index (χ4v) is 7.79. The average molecular weight is 614 g/mol. The third-order valence-corrected chi connectivity index (χ3v) is 10.2. The molecule has 1 nitrogen and oxygen atoms in total. The summed E-state index contributed by atoms with van der Waals surface area (Å²) in [6.07, 6.45) is 0. The fraction of sp³-hybridized carbons (Fsp3) is 0.0638. The van der Waals surface area contributed by atoms with E-state index in [4.69, 9.17) is 0 Å². The van der Waals surface area contributed by atoms with Gasteiger partial charge in [0.25, 0.3) is 0 Å². The highest BCUT2D eigenvalue weighted by Crippen LogP contribution is 2.52. The Hall–Kier alpha value is -5.92. The quantitative estimate of drug-likeness (QED) is 0.175. The van der Waals surface area contributed by atoms with Crippen molar-refractivity contribution in [1.82, 2.24) is 0 Å². The normalized spacial score (nSPS) is 13.0. The number of nitrogens with zero attached hydrogens (tertiary/aromatic N) is 1. The Morgan fingerprint density at radius 3 is 1.85 bits per heavy atom. The van der Waals surface area contributed by atoms with Gasteiger partial charge in [-0.3, -0.25) is 0 Å². The molecule has 0 aromatic heterocycles. The minimum absolute atomic E-state index is 0.117. The van der Waals surface area contributed by atoms with Crippen LogP contribution in [0.5, 0.6) is 0 Å². The lowest BCUT2D eigenvalue weighted by Crippen LogP contribution is -2.15. The first-order valence-corrected chi connectivity index (χ1v) is 16.8. The summed E-state index contributed by atoms with van der Waals surface area (Å²) in [5.41, 5.74) is 13.5. The molecular formula is C47H35N. The Bertz CT molecular complexity index is 2470. The molecule has 228 valence electrons. The maximum atomic E-state index is 2.46. The standard InChI is InChI=1S/C47H35N/c1-47(2)44-27-26-38(30-43(44)42-29-36-25-24-34-18-9-10-21-39(34)41(36)31-45(42)47)48(37-20-13-19-35(28-37)32-14-5-3-6-15-32)46-23-12-11-22-40(46)33-16-7-4-8-17-33/h3-31H,1-2H3. The third-order valence-electron chi connectivity index (χ3n) is 10.2. The highest BCUT2D eigenvalue weighted by atomic mass is 15.1. The van der Waals surface area contributed by atoms with Gasteiger partial charge in [0.1, 0.15) is 0 Å². The zero-order chi connectivity index (χ0) is 32.2. The van der Waals surface area contributed by atoms with E-state index in [0.717, 1.165) is 17.1 Å². The minimum atomic E-state index is -0.117. The van der Waals surface area contributed by atoms with Gasteiger partial charge in [-0.05, 0) is 103 Å². The van der Waals surface area contributed by atoms with Crippen molar-refractivity contribution < 1.29 is 0 Å². The molecule has 8 aromatic carbocycles. The van der Waals surface area contributed by atoms with Crippen LogP contribution in [0.15, 0.2) is 176 Å². The van der Waals surface area contributed by atoms with Gasteiger partial charge in [0.05, 0.1) is 5.69 Å². The summed E-state index contributed by atoms with van der Waals surface area (Å²) in [4.78, 5) is 2.44. The van der Waals surface area contributed by atoms with Crippen molar-refractivity contribution in [2.75, 3.05) is 4.90 Å². The number of fused-ring (bicyclic) bond motifs is 6.